The zero-order valence-corrected chi connectivity index (χ0v) is 8.76. The van der Waals surface area contributed by atoms with Crippen LogP contribution in [0.2, 0.25) is 5.02 Å². The Morgan fingerprint density at radius 3 is 2.56 bits per heavy atom. The summed E-state index contributed by atoms with van der Waals surface area (Å²) >= 11 is 5.36. The smallest absolute Gasteiger partial charge is 0.422 e. The molecular formula is C9H5ClF2N2O2. The number of hydrogen-bond donors (Lipinski definition) is 0. The van der Waals surface area contributed by atoms with Gasteiger partial charge in [0, 0.05) is 0 Å². The first-order chi connectivity index (χ1) is 7.51. The van der Waals surface area contributed by atoms with Crippen molar-refractivity contribution in [3.63, 3.8) is 0 Å². The molecule has 1 rings (SSSR count). The number of rotatable bonds is 2. The molecule has 0 amide bonds. The van der Waals surface area contributed by atoms with Crippen molar-refractivity contribution in [1.29, 1.82) is 0 Å². The number of esters is 1. The molecule has 0 atom stereocenters. The molecule has 0 saturated carbocycles. The molecule has 0 bridgehead atoms. The van der Waals surface area contributed by atoms with Gasteiger partial charge >= 0.3 is 11.7 Å². The third kappa shape index (κ3) is 2.24. The van der Waals surface area contributed by atoms with Crippen molar-refractivity contribution in [2.45, 2.75) is 0 Å². The number of hydrogen-bond acceptors (Lipinski definition) is 2. The summed E-state index contributed by atoms with van der Waals surface area (Å²) in [6.45, 7) is 0. The maximum atomic E-state index is 13.0. The van der Waals surface area contributed by atoms with Gasteiger partial charge in [0.15, 0.2) is 11.6 Å². The Morgan fingerprint density at radius 2 is 2.12 bits per heavy atom. The molecule has 84 valence electrons. The Hall–Kier alpha value is -1.78. The minimum absolute atomic E-state index is 0.182. The summed E-state index contributed by atoms with van der Waals surface area (Å²) in [6.07, 6.45) is 0. The first kappa shape index (κ1) is 12.3. The van der Waals surface area contributed by atoms with Crippen LogP contribution in [0.1, 0.15) is 5.56 Å². The highest BCUT2D eigenvalue weighted by Crippen LogP contribution is 2.20. The van der Waals surface area contributed by atoms with E-state index < -0.39 is 28.3 Å². The summed E-state index contributed by atoms with van der Waals surface area (Å²) < 4.78 is 30.1. The maximum Gasteiger partial charge on any atom is 0.422 e. The minimum Gasteiger partial charge on any atom is -0.460 e. The lowest BCUT2D eigenvalue weighted by atomic mass is 10.1. The van der Waals surface area contributed by atoms with Gasteiger partial charge in [0.25, 0.3) is 0 Å². The second kappa shape index (κ2) is 4.83. The molecule has 0 unspecified atom stereocenters. The largest absolute Gasteiger partial charge is 0.460 e. The predicted molar refractivity (Wildman–Crippen MR) is 51.1 cm³/mol. The molecule has 0 aliphatic carbocycles. The van der Waals surface area contributed by atoms with E-state index >= 15 is 0 Å². The quantitative estimate of drug-likeness (QED) is 0.263. The van der Waals surface area contributed by atoms with Gasteiger partial charge in [0.1, 0.15) is 0 Å². The van der Waals surface area contributed by atoms with E-state index in [1.54, 1.807) is 0 Å². The van der Waals surface area contributed by atoms with E-state index in [9.17, 15) is 13.6 Å². The third-order valence-electron chi connectivity index (χ3n) is 1.74. The average molecular weight is 247 g/mol. The number of carbonyl (C=O) groups is 1. The van der Waals surface area contributed by atoms with Crippen molar-refractivity contribution in [2.75, 3.05) is 7.11 Å². The summed E-state index contributed by atoms with van der Waals surface area (Å²) in [5, 5.41) is -0.528. The molecule has 7 heteroatoms. The van der Waals surface area contributed by atoms with Gasteiger partial charge < -0.3 is 10.3 Å². The number of ether oxygens (including phenoxy) is 1. The first-order valence-corrected chi connectivity index (χ1v) is 4.34. The van der Waals surface area contributed by atoms with Crippen LogP contribution in [-0.4, -0.2) is 23.6 Å². The van der Waals surface area contributed by atoms with Crippen LogP contribution in [0.4, 0.5) is 8.78 Å². The number of halogens is 3. The van der Waals surface area contributed by atoms with Gasteiger partial charge in [-0.3, -0.25) is 0 Å². The fourth-order valence-electron chi connectivity index (χ4n) is 1.01. The number of carbonyl (C=O) groups excluding carboxylic acids is 1. The lowest BCUT2D eigenvalue weighted by Crippen LogP contribution is -2.18. The lowest BCUT2D eigenvalue weighted by molar-refractivity contribution is -0.137. The molecular weight excluding hydrogens is 242 g/mol. The van der Waals surface area contributed by atoms with Gasteiger partial charge in [-0.1, -0.05) is 11.6 Å². The first-order valence-electron chi connectivity index (χ1n) is 3.96. The average Bonchev–Trinajstić information content (AvgIpc) is 2.26. The maximum absolute atomic E-state index is 13.0. The van der Waals surface area contributed by atoms with Crippen molar-refractivity contribution in [1.82, 2.24) is 0 Å². The van der Waals surface area contributed by atoms with E-state index in [0.29, 0.717) is 6.07 Å². The van der Waals surface area contributed by atoms with Crippen LogP contribution in [0, 0.1) is 11.6 Å². The van der Waals surface area contributed by atoms with Crippen molar-refractivity contribution in [3.8, 4) is 0 Å². The van der Waals surface area contributed by atoms with Crippen molar-refractivity contribution >= 4 is 23.3 Å². The SMILES string of the molecule is COC(=O)C(=[N+]=[N-])c1cc(F)c(F)c(Cl)c1. The third-order valence-corrected chi connectivity index (χ3v) is 2.01. The Morgan fingerprint density at radius 1 is 1.50 bits per heavy atom. The lowest BCUT2D eigenvalue weighted by Gasteiger charge is -1.99. The monoisotopic (exact) mass is 246 g/mol. The van der Waals surface area contributed by atoms with Gasteiger partial charge in [-0.15, -0.1) is 0 Å². The molecule has 1 aromatic rings. The van der Waals surface area contributed by atoms with E-state index in [0.717, 1.165) is 13.2 Å². The van der Waals surface area contributed by atoms with Gasteiger partial charge in [0.05, 0.1) is 17.7 Å². The molecule has 0 fully saturated rings. The molecule has 0 aliphatic heterocycles. The zero-order chi connectivity index (χ0) is 12.3. The predicted octanol–water partition coefficient (Wildman–Crippen LogP) is 1.81. The Labute approximate surface area is 94.0 Å². The molecule has 16 heavy (non-hydrogen) atoms. The van der Waals surface area contributed by atoms with Crippen molar-refractivity contribution in [2.24, 2.45) is 0 Å². The molecule has 0 aliphatic rings. The van der Waals surface area contributed by atoms with Crippen LogP contribution in [0.5, 0.6) is 0 Å². The molecule has 0 N–H and O–H groups in total. The topological polar surface area (TPSA) is 62.7 Å². The van der Waals surface area contributed by atoms with Gasteiger partial charge in [-0.2, -0.15) is 4.79 Å². The van der Waals surface area contributed by atoms with Crippen LogP contribution < -0.4 is 0 Å². The van der Waals surface area contributed by atoms with Crippen LogP contribution >= 0.6 is 11.6 Å². The Kier molecular flexibility index (Phi) is 3.71. The number of methoxy groups -OCH3 is 1. The highest BCUT2D eigenvalue weighted by atomic mass is 35.5. The number of nitrogens with zero attached hydrogens (tertiary/aromatic N) is 2. The van der Waals surface area contributed by atoms with E-state index in [2.05, 4.69) is 9.53 Å². The standard InChI is InChI=1S/C9H5ClF2N2O2/c1-16-9(15)8(14-13)4-2-5(10)7(12)6(11)3-4/h2-3H,1H3. The number of benzene rings is 1. The highest BCUT2D eigenvalue weighted by Gasteiger charge is 2.26. The van der Waals surface area contributed by atoms with Crippen molar-refractivity contribution in [3.05, 3.63) is 39.9 Å². The second-order valence-corrected chi connectivity index (χ2v) is 3.10. The van der Waals surface area contributed by atoms with Crippen LogP contribution in [-0.2, 0) is 9.53 Å². The summed E-state index contributed by atoms with van der Waals surface area (Å²) in [4.78, 5) is 13.7. The summed E-state index contributed by atoms with van der Waals surface area (Å²) in [5.41, 5.74) is 7.81. The van der Waals surface area contributed by atoms with Crippen LogP contribution in [0.15, 0.2) is 12.1 Å². The van der Waals surface area contributed by atoms with E-state index in [1.807, 2.05) is 0 Å². The molecule has 4 nitrogen and oxygen atoms in total. The van der Waals surface area contributed by atoms with Gasteiger partial charge in [-0.05, 0) is 12.1 Å². The van der Waals surface area contributed by atoms with E-state index in [1.165, 1.54) is 0 Å². The van der Waals surface area contributed by atoms with Gasteiger partial charge in [-0.25, -0.2) is 13.6 Å². The molecule has 0 saturated heterocycles. The normalized spacial score (nSPS) is 9.50. The second-order valence-electron chi connectivity index (χ2n) is 2.69. The highest BCUT2D eigenvalue weighted by molar-refractivity contribution is 6.41. The van der Waals surface area contributed by atoms with Crippen LogP contribution in [0.25, 0.3) is 5.53 Å². The molecule has 0 aromatic heterocycles. The van der Waals surface area contributed by atoms with Gasteiger partial charge in [0.2, 0.25) is 0 Å². The molecule has 0 spiro atoms. The van der Waals surface area contributed by atoms with Crippen LogP contribution in [0.3, 0.4) is 0 Å². The van der Waals surface area contributed by atoms with E-state index in [-0.39, 0.29) is 5.56 Å². The zero-order valence-electron chi connectivity index (χ0n) is 8.00. The Balaban J connectivity index is 3.34. The van der Waals surface area contributed by atoms with E-state index in [4.69, 9.17) is 17.1 Å². The summed E-state index contributed by atoms with van der Waals surface area (Å²) in [7, 11) is 1.05. The summed E-state index contributed by atoms with van der Waals surface area (Å²) in [6, 6.07) is 1.62. The summed E-state index contributed by atoms with van der Waals surface area (Å²) in [5.74, 6) is -3.50. The van der Waals surface area contributed by atoms with Crippen molar-refractivity contribution < 1.29 is 23.1 Å². The minimum atomic E-state index is -1.26. The fourth-order valence-corrected chi connectivity index (χ4v) is 1.21. The Bertz CT molecular complexity index is 475. The fraction of sp³-hybridized carbons (Fsp3) is 0.111. The molecule has 0 radical (unpaired) electrons. The molecule has 1 aromatic carbocycles. The molecule has 0 heterocycles.